The summed E-state index contributed by atoms with van der Waals surface area (Å²) in [4.78, 5) is 0. The minimum atomic E-state index is -2.82. The average Bonchev–Trinajstić information content (AvgIpc) is 2.29. The van der Waals surface area contributed by atoms with E-state index in [4.69, 9.17) is 4.74 Å². The summed E-state index contributed by atoms with van der Waals surface area (Å²) in [6.45, 7) is 6.70. The second kappa shape index (κ2) is 10.8. The lowest BCUT2D eigenvalue weighted by Gasteiger charge is -2.18. The maximum Gasteiger partial charge on any atom is 0.147 e. The molecule has 18 heavy (non-hydrogen) atoms. The van der Waals surface area contributed by atoms with Gasteiger partial charge in [-0.25, -0.2) is 8.42 Å². The molecular weight excluding hydrogens is 250 g/mol. The van der Waals surface area contributed by atoms with E-state index in [1.807, 2.05) is 6.92 Å². The summed E-state index contributed by atoms with van der Waals surface area (Å²) in [5, 5.41) is 3.48. The molecule has 1 unspecified atom stereocenters. The Morgan fingerprint density at radius 1 is 1.17 bits per heavy atom. The van der Waals surface area contributed by atoms with Gasteiger partial charge in [-0.3, -0.25) is 0 Å². The van der Waals surface area contributed by atoms with Gasteiger partial charge >= 0.3 is 0 Å². The van der Waals surface area contributed by atoms with Gasteiger partial charge in [-0.15, -0.1) is 0 Å². The number of ether oxygens (including phenoxy) is 1. The lowest BCUT2D eigenvalue weighted by Crippen LogP contribution is -2.30. The van der Waals surface area contributed by atoms with Crippen LogP contribution in [0.5, 0.6) is 0 Å². The fourth-order valence-electron chi connectivity index (χ4n) is 1.86. The topological polar surface area (TPSA) is 55.4 Å². The Morgan fingerprint density at radius 3 is 2.39 bits per heavy atom. The van der Waals surface area contributed by atoms with Gasteiger partial charge in [0.05, 0.1) is 0 Å². The Labute approximate surface area is 112 Å². The highest BCUT2D eigenvalue weighted by atomic mass is 32.2. The summed E-state index contributed by atoms with van der Waals surface area (Å²) in [5.74, 6) is 0.294. The minimum absolute atomic E-state index is 0.294. The number of nitrogens with one attached hydrogen (secondary N) is 1. The molecule has 0 spiro atoms. The van der Waals surface area contributed by atoms with Crippen LogP contribution in [0, 0.1) is 0 Å². The number of sulfone groups is 1. The van der Waals surface area contributed by atoms with Crippen molar-refractivity contribution in [2.24, 2.45) is 0 Å². The quantitative estimate of drug-likeness (QED) is 0.555. The van der Waals surface area contributed by atoms with Gasteiger partial charge in [0.1, 0.15) is 9.84 Å². The van der Waals surface area contributed by atoms with Crippen LogP contribution in [0.15, 0.2) is 0 Å². The molecule has 110 valence electrons. The third-order valence-corrected chi connectivity index (χ3v) is 3.83. The van der Waals surface area contributed by atoms with E-state index in [-0.39, 0.29) is 0 Å². The van der Waals surface area contributed by atoms with E-state index < -0.39 is 9.84 Å². The lowest BCUT2D eigenvalue weighted by atomic mass is 10.1. The van der Waals surface area contributed by atoms with Gasteiger partial charge in [-0.05, 0) is 45.6 Å². The van der Waals surface area contributed by atoms with Crippen molar-refractivity contribution in [3.05, 3.63) is 0 Å². The molecule has 0 aliphatic heterocycles. The SMILES string of the molecule is CCCNC(CCCOCC)CCCS(C)(=O)=O. The summed E-state index contributed by atoms with van der Waals surface area (Å²) in [6, 6.07) is 0.423. The van der Waals surface area contributed by atoms with E-state index in [0.717, 1.165) is 51.9 Å². The molecule has 1 atom stereocenters. The van der Waals surface area contributed by atoms with Gasteiger partial charge < -0.3 is 10.1 Å². The van der Waals surface area contributed by atoms with E-state index in [1.54, 1.807) is 0 Å². The summed E-state index contributed by atoms with van der Waals surface area (Å²) in [6.07, 6.45) is 6.18. The predicted molar refractivity (Wildman–Crippen MR) is 76.8 cm³/mol. The van der Waals surface area contributed by atoms with Gasteiger partial charge in [0.2, 0.25) is 0 Å². The maximum atomic E-state index is 11.1. The third-order valence-electron chi connectivity index (χ3n) is 2.80. The second-order valence-corrected chi connectivity index (χ2v) is 7.02. The molecule has 4 nitrogen and oxygen atoms in total. The van der Waals surface area contributed by atoms with Crippen molar-refractivity contribution in [1.82, 2.24) is 5.32 Å². The fourth-order valence-corrected chi connectivity index (χ4v) is 2.56. The smallest absolute Gasteiger partial charge is 0.147 e. The van der Waals surface area contributed by atoms with Crippen molar-refractivity contribution >= 4 is 9.84 Å². The fraction of sp³-hybridized carbons (Fsp3) is 1.00. The summed E-state index contributed by atoms with van der Waals surface area (Å²) in [5.41, 5.74) is 0. The van der Waals surface area contributed by atoms with Crippen LogP contribution in [0.3, 0.4) is 0 Å². The van der Waals surface area contributed by atoms with Crippen molar-refractivity contribution in [3.63, 3.8) is 0 Å². The number of rotatable bonds is 12. The first-order valence-electron chi connectivity index (χ1n) is 6.98. The molecule has 0 amide bonds. The van der Waals surface area contributed by atoms with Gasteiger partial charge in [0.15, 0.2) is 0 Å². The minimum Gasteiger partial charge on any atom is -0.382 e. The van der Waals surface area contributed by atoms with E-state index in [1.165, 1.54) is 6.26 Å². The molecular formula is C13H29NO3S. The Morgan fingerprint density at radius 2 is 1.83 bits per heavy atom. The second-order valence-electron chi connectivity index (χ2n) is 4.76. The van der Waals surface area contributed by atoms with E-state index in [9.17, 15) is 8.42 Å². The monoisotopic (exact) mass is 279 g/mol. The zero-order valence-electron chi connectivity index (χ0n) is 12.1. The molecule has 0 fully saturated rings. The van der Waals surface area contributed by atoms with E-state index in [2.05, 4.69) is 12.2 Å². The Balaban J connectivity index is 3.83. The number of hydrogen-bond donors (Lipinski definition) is 1. The molecule has 1 N–H and O–H groups in total. The molecule has 5 heteroatoms. The molecule has 0 aromatic rings. The Hall–Kier alpha value is -0.130. The largest absolute Gasteiger partial charge is 0.382 e. The van der Waals surface area contributed by atoms with Gasteiger partial charge in [0.25, 0.3) is 0 Å². The standard InChI is InChI=1S/C13H29NO3S/c1-4-10-14-13(8-6-11-17-5-2)9-7-12-18(3,15)16/h13-14H,4-12H2,1-3H3. The third kappa shape index (κ3) is 12.3. The average molecular weight is 279 g/mol. The van der Waals surface area contributed by atoms with E-state index in [0.29, 0.717) is 11.8 Å². The molecule has 0 aliphatic carbocycles. The highest BCUT2D eigenvalue weighted by molar-refractivity contribution is 7.90. The predicted octanol–water partition coefficient (Wildman–Crippen LogP) is 2.00. The van der Waals surface area contributed by atoms with Crippen LogP contribution in [0.4, 0.5) is 0 Å². The van der Waals surface area contributed by atoms with Crippen molar-refractivity contribution in [1.29, 1.82) is 0 Å². The molecule has 0 aromatic heterocycles. The Kier molecular flexibility index (Phi) is 10.7. The Bertz CT molecular complexity index is 278. The van der Waals surface area contributed by atoms with Crippen molar-refractivity contribution in [2.75, 3.05) is 31.8 Å². The molecule has 0 bridgehead atoms. The zero-order chi connectivity index (χ0) is 13.9. The van der Waals surface area contributed by atoms with Crippen molar-refractivity contribution < 1.29 is 13.2 Å². The highest BCUT2D eigenvalue weighted by Gasteiger charge is 2.09. The summed E-state index contributed by atoms with van der Waals surface area (Å²) >= 11 is 0. The van der Waals surface area contributed by atoms with Crippen LogP contribution in [-0.4, -0.2) is 46.2 Å². The normalized spacial score (nSPS) is 13.7. The molecule has 0 saturated carbocycles. The van der Waals surface area contributed by atoms with Crippen LogP contribution in [0.2, 0.25) is 0 Å². The van der Waals surface area contributed by atoms with Crippen molar-refractivity contribution in [2.45, 2.75) is 52.0 Å². The van der Waals surface area contributed by atoms with Gasteiger partial charge in [-0.2, -0.15) is 0 Å². The number of hydrogen-bond acceptors (Lipinski definition) is 4. The first-order chi connectivity index (χ1) is 8.49. The van der Waals surface area contributed by atoms with Crippen LogP contribution in [-0.2, 0) is 14.6 Å². The van der Waals surface area contributed by atoms with Crippen LogP contribution in [0.1, 0.15) is 46.0 Å². The van der Waals surface area contributed by atoms with Crippen LogP contribution >= 0.6 is 0 Å². The summed E-state index contributed by atoms with van der Waals surface area (Å²) < 4.78 is 27.5. The highest BCUT2D eigenvalue weighted by Crippen LogP contribution is 2.07. The first-order valence-corrected chi connectivity index (χ1v) is 9.04. The molecule has 0 rings (SSSR count). The van der Waals surface area contributed by atoms with Crippen LogP contribution in [0.25, 0.3) is 0 Å². The van der Waals surface area contributed by atoms with Crippen LogP contribution < -0.4 is 5.32 Å². The molecule has 0 aromatic carbocycles. The molecule has 0 aliphatic rings. The van der Waals surface area contributed by atoms with E-state index >= 15 is 0 Å². The molecule has 0 heterocycles. The maximum absolute atomic E-state index is 11.1. The zero-order valence-corrected chi connectivity index (χ0v) is 12.9. The molecule has 0 saturated heterocycles. The van der Waals surface area contributed by atoms with Gasteiger partial charge in [0, 0.05) is 31.3 Å². The summed E-state index contributed by atoms with van der Waals surface area (Å²) in [7, 11) is -2.82. The van der Waals surface area contributed by atoms with Gasteiger partial charge in [-0.1, -0.05) is 6.92 Å². The van der Waals surface area contributed by atoms with Crippen molar-refractivity contribution in [3.8, 4) is 0 Å². The molecule has 0 radical (unpaired) electrons. The first kappa shape index (κ1) is 17.9. The lowest BCUT2D eigenvalue weighted by molar-refractivity contribution is 0.140.